The quantitative estimate of drug-likeness (QED) is 0.832. The van der Waals surface area contributed by atoms with Gasteiger partial charge in [0.1, 0.15) is 6.04 Å². The van der Waals surface area contributed by atoms with Gasteiger partial charge in [-0.3, -0.25) is 9.59 Å². The molecule has 2 rings (SSSR count). The Morgan fingerprint density at radius 2 is 2.05 bits per heavy atom. The van der Waals surface area contributed by atoms with Gasteiger partial charge in [-0.2, -0.15) is 0 Å². The lowest BCUT2D eigenvalue weighted by atomic mass is 10.2. The Bertz CT molecular complexity index is 626. The maximum atomic E-state index is 12.1. The Hall–Kier alpha value is -1.79. The molecule has 0 fully saturated rings. The van der Waals surface area contributed by atoms with Crippen molar-refractivity contribution in [2.75, 3.05) is 11.6 Å². The molecule has 1 heterocycles. The lowest BCUT2D eigenvalue weighted by molar-refractivity contribution is -0.117. The standard InChI is InChI=1S/C15H16N2O2S2/c1-10(16-15(19)13-7-4-8-21-13)14(18)17-11-5-3-6-12(9-11)20-2/h3-10H,1-2H3,(H,16,19)(H,17,18)/t10-/m0/s1. The van der Waals surface area contributed by atoms with Crippen LogP contribution in [0.3, 0.4) is 0 Å². The molecule has 4 nitrogen and oxygen atoms in total. The molecule has 21 heavy (non-hydrogen) atoms. The summed E-state index contributed by atoms with van der Waals surface area (Å²) in [6.45, 7) is 1.67. The van der Waals surface area contributed by atoms with Crippen molar-refractivity contribution in [3.05, 3.63) is 46.7 Å². The molecule has 0 aliphatic carbocycles. The van der Waals surface area contributed by atoms with Crippen LogP contribution in [0.1, 0.15) is 16.6 Å². The Balaban J connectivity index is 1.94. The molecular weight excluding hydrogens is 304 g/mol. The van der Waals surface area contributed by atoms with Gasteiger partial charge in [-0.1, -0.05) is 12.1 Å². The van der Waals surface area contributed by atoms with E-state index in [0.717, 1.165) is 10.6 Å². The first-order chi connectivity index (χ1) is 10.1. The number of hydrogen-bond donors (Lipinski definition) is 2. The summed E-state index contributed by atoms with van der Waals surface area (Å²) in [6, 6.07) is 10.5. The first kappa shape index (κ1) is 15.6. The lowest BCUT2D eigenvalue weighted by Gasteiger charge is -2.14. The summed E-state index contributed by atoms with van der Waals surface area (Å²) in [7, 11) is 0. The molecule has 2 amide bonds. The second-order valence-corrected chi connectivity index (χ2v) is 6.22. The molecule has 110 valence electrons. The Labute approximate surface area is 131 Å². The molecule has 0 radical (unpaired) electrons. The predicted octanol–water partition coefficient (Wildman–Crippen LogP) is 3.23. The summed E-state index contributed by atoms with van der Waals surface area (Å²) in [5.74, 6) is -0.469. The highest BCUT2D eigenvalue weighted by atomic mass is 32.2. The van der Waals surface area contributed by atoms with E-state index in [1.807, 2.05) is 35.9 Å². The molecule has 0 saturated carbocycles. The van der Waals surface area contributed by atoms with E-state index in [4.69, 9.17) is 0 Å². The van der Waals surface area contributed by atoms with Gasteiger partial charge in [0.05, 0.1) is 4.88 Å². The number of carbonyl (C=O) groups is 2. The van der Waals surface area contributed by atoms with E-state index in [-0.39, 0.29) is 11.8 Å². The number of thiophene rings is 1. The zero-order valence-corrected chi connectivity index (χ0v) is 13.4. The lowest BCUT2D eigenvalue weighted by Crippen LogP contribution is -2.41. The van der Waals surface area contributed by atoms with Gasteiger partial charge in [0.15, 0.2) is 0 Å². The van der Waals surface area contributed by atoms with E-state index < -0.39 is 6.04 Å². The summed E-state index contributed by atoms with van der Waals surface area (Å²) < 4.78 is 0. The number of thioether (sulfide) groups is 1. The monoisotopic (exact) mass is 320 g/mol. The summed E-state index contributed by atoms with van der Waals surface area (Å²) in [5, 5.41) is 7.32. The second kappa shape index (κ2) is 7.28. The van der Waals surface area contributed by atoms with Crippen LogP contribution in [-0.4, -0.2) is 24.1 Å². The first-order valence-electron chi connectivity index (χ1n) is 6.39. The minimum atomic E-state index is -0.600. The third kappa shape index (κ3) is 4.34. The molecule has 0 aliphatic heterocycles. The second-order valence-electron chi connectivity index (χ2n) is 4.39. The molecular formula is C15H16N2O2S2. The molecule has 0 bridgehead atoms. The van der Waals surface area contributed by atoms with E-state index in [9.17, 15) is 9.59 Å². The van der Waals surface area contributed by atoms with Crippen molar-refractivity contribution in [3.63, 3.8) is 0 Å². The van der Waals surface area contributed by atoms with Gasteiger partial charge in [0.2, 0.25) is 5.91 Å². The van der Waals surface area contributed by atoms with Crippen LogP contribution in [0, 0.1) is 0 Å². The number of benzene rings is 1. The molecule has 6 heteroatoms. The molecule has 0 spiro atoms. The van der Waals surface area contributed by atoms with Gasteiger partial charge >= 0.3 is 0 Å². The number of nitrogens with one attached hydrogen (secondary N) is 2. The van der Waals surface area contributed by atoms with Gasteiger partial charge < -0.3 is 10.6 Å². The fourth-order valence-corrected chi connectivity index (χ4v) is 2.78. The highest BCUT2D eigenvalue weighted by molar-refractivity contribution is 7.98. The Kier molecular flexibility index (Phi) is 5.41. The average molecular weight is 320 g/mol. The minimum absolute atomic E-state index is 0.231. The smallest absolute Gasteiger partial charge is 0.261 e. The van der Waals surface area contributed by atoms with Crippen LogP contribution in [-0.2, 0) is 4.79 Å². The fourth-order valence-electron chi connectivity index (χ4n) is 1.69. The molecule has 0 saturated heterocycles. The van der Waals surface area contributed by atoms with Crippen molar-refractivity contribution in [1.29, 1.82) is 0 Å². The van der Waals surface area contributed by atoms with Crippen LogP contribution in [0.15, 0.2) is 46.7 Å². The van der Waals surface area contributed by atoms with Crippen molar-refractivity contribution in [2.24, 2.45) is 0 Å². The molecule has 1 atom stereocenters. The summed E-state index contributed by atoms with van der Waals surface area (Å²) in [5.41, 5.74) is 0.726. The third-order valence-corrected chi connectivity index (χ3v) is 4.42. The van der Waals surface area contributed by atoms with Gasteiger partial charge in [-0.05, 0) is 42.8 Å². The van der Waals surface area contributed by atoms with Crippen LogP contribution >= 0.6 is 23.1 Å². The zero-order chi connectivity index (χ0) is 15.2. The van der Waals surface area contributed by atoms with Crippen LogP contribution in [0.5, 0.6) is 0 Å². The number of rotatable bonds is 5. The maximum Gasteiger partial charge on any atom is 0.261 e. The maximum absolute atomic E-state index is 12.1. The molecule has 2 aromatic rings. The summed E-state index contributed by atoms with van der Waals surface area (Å²) in [4.78, 5) is 25.6. The van der Waals surface area contributed by atoms with Crippen molar-refractivity contribution < 1.29 is 9.59 Å². The number of amides is 2. The van der Waals surface area contributed by atoms with E-state index >= 15 is 0 Å². The van der Waals surface area contributed by atoms with Crippen molar-refractivity contribution >= 4 is 40.6 Å². The average Bonchev–Trinajstić information content (AvgIpc) is 3.01. The summed E-state index contributed by atoms with van der Waals surface area (Å²) >= 11 is 2.95. The zero-order valence-electron chi connectivity index (χ0n) is 11.8. The van der Waals surface area contributed by atoms with Gasteiger partial charge in [0, 0.05) is 10.6 Å². The van der Waals surface area contributed by atoms with Crippen LogP contribution in [0.2, 0.25) is 0 Å². The largest absolute Gasteiger partial charge is 0.340 e. The molecule has 1 aromatic carbocycles. The first-order valence-corrected chi connectivity index (χ1v) is 8.50. The highest BCUT2D eigenvalue weighted by Crippen LogP contribution is 2.19. The SMILES string of the molecule is CSc1cccc(NC(=O)[C@H](C)NC(=O)c2cccs2)c1. The summed E-state index contributed by atoms with van der Waals surface area (Å²) in [6.07, 6.45) is 1.98. The van der Waals surface area contributed by atoms with Crippen LogP contribution in [0.4, 0.5) is 5.69 Å². The molecule has 0 aliphatic rings. The van der Waals surface area contributed by atoms with Gasteiger partial charge in [-0.25, -0.2) is 0 Å². The van der Waals surface area contributed by atoms with E-state index in [2.05, 4.69) is 10.6 Å². The molecule has 2 N–H and O–H groups in total. The predicted molar refractivity (Wildman–Crippen MR) is 88.1 cm³/mol. The third-order valence-electron chi connectivity index (χ3n) is 2.82. The van der Waals surface area contributed by atoms with Gasteiger partial charge in [0.25, 0.3) is 5.91 Å². The minimum Gasteiger partial charge on any atom is -0.340 e. The van der Waals surface area contributed by atoms with E-state index in [1.54, 1.807) is 30.8 Å². The highest BCUT2D eigenvalue weighted by Gasteiger charge is 2.17. The van der Waals surface area contributed by atoms with Crippen molar-refractivity contribution in [3.8, 4) is 0 Å². The Morgan fingerprint density at radius 3 is 2.71 bits per heavy atom. The topological polar surface area (TPSA) is 58.2 Å². The number of carbonyl (C=O) groups excluding carboxylic acids is 2. The molecule has 1 aromatic heterocycles. The van der Waals surface area contributed by atoms with E-state index in [1.165, 1.54) is 11.3 Å². The normalized spacial score (nSPS) is 11.7. The van der Waals surface area contributed by atoms with E-state index in [0.29, 0.717) is 4.88 Å². The van der Waals surface area contributed by atoms with Crippen molar-refractivity contribution in [2.45, 2.75) is 17.9 Å². The Morgan fingerprint density at radius 1 is 1.24 bits per heavy atom. The van der Waals surface area contributed by atoms with Gasteiger partial charge in [-0.15, -0.1) is 23.1 Å². The molecule has 0 unspecified atom stereocenters. The number of anilines is 1. The fraction of sp³-hybridized carbons (Fsp3) is 0.200. The number of hydrogen-bond acceptors (Lipinski definition) is 4. The van der Waals surface area contributed by atoms with Crippen LogP contribution in [0.25, 0.3) is 0 Å². The van der Waals surface area contributed by atoms with Crippen molar-refractivity contribution in [1.82, 2.24) is 5.32 Å². The van der Waals surface area contributed by atoms with Crippen LogP contribution < -0.4 is 10.6 Å².